The normalized spacial score (nSPS) is 12.2. The van der Waals surface area contributed by atoms with Crippen molar-refractivity contribution in [2.45, 2.75) is 43.5 Å². The third-order valence-corrected chi connectivity index (χ3v) is 6.12. The van der Waals surface area contributed by atoms with Crippen molar-refractivity contribution >= 4 is 28.9 Å². The number of imidazole rings is 1. The minimum Gasteiger partial charge on any atom is -0.382 e. The van der Waals surface area contributed by atoms with Crippen molar-refractivity contribution in [1.82, 2.24) is 9.55 Å². The first-order chi connectivity index (χ1) is 11.7. The molecule has 2 N–H and O–H groups in total. The van der Waals surface area contributed by atoms with E-state index in [0.29, 0.717) is 12.1 Å². The average molecular weight is 395 g/mol. The van der Waals surface area contributed by atoms with Gasteiger partial charge in [0.2, 0.25) is 0 Å². The van der Waals surface area contributed by atoms with Crippen molar-refractivity contribution in [3.63, 3.8) is 0 Å². The number of hydrogen-bond acceptors (Lipinski definition) is 6. The minimum atomic E-state index is -4.27. The summed E-state index contributed by atoms with van der Waals surface area (Å²) in [6.45, 7) is 2.71. The molecule has 0 aromatic rings. The summed E-state index contributed by atoms with van der Waals surface area (Å²) in [7, 11) is 0. The van der Waals surface area contributed by atoms with Gasteiger partial charge in [-0.05, 0) is 32.4 Å². The number of halogens is 3. The van der Waals surface area contributed by atoms with E-state index in [1.807, 2.05) is 13.8 Å². The number of alkyl halides is 3. The molecule has 0 aromatic carbocycles. The van der Waals surface area contributed by atoms with Gasteiger partial charge in [-0.3, -0.25) is 4.57 Å². The monoisotopic (exact) mass is 395 g/mol. The topological polar surface area (TPSA) is 70.1 Å². The number of fused-ring (bicyclic) bond motifs is 1. The number of nitrogens with two attached hydrogens (primary N) is 1. The van der Waals surface area contributed by atoms with E-state index in [-0.39, 0.29) is 18.1 Å². The number of nitrogen functional groups attached to an aromatic ring is 1. The first-order valence-electron chi connectivity index (χ1n) is 7.76. The Labute approximate surface area is 151 Å². The number of hydrogen-bond donors (Lipinski definition) is 1. The molecule has 140 valence electrons. The Balaban J connectivity index is 1.84. The zero-order valence-electron chi connectivity index (χ0n) is 14.0. The molecule has 0 unspecified atom stereocenters. The van der Waals surface area contributed by atoms with Gasteiger partial charge in [0.25, 0.3) is 0 Å². The second-order valence-electron chi connectivity index (χ2n) is 5.57. The molecular weight excluding hydrogens is 375 g/mol. The molecule has 2 aliphatic rings. The Morgan fingerprint density at radius 2 is 2.00 bits per heavy atom. The van der Waals surface area contributed by atoms with Gasteiger partial charge >= 0.3 is 11.9 Å². The van der Waals surface area contributed by atoms with E-state index in [1.54, 1.807) is 23.1 Å². The minimum absolute atomic E-state index is 0.107. The summed E-state index contributed by atoms with van der Waals surface area (Å²) in [5, 5.41) is 0. The highest BCUT2D eigenvalue weighted by atomic mass is 32.2. The lowest BCUT2D eigenvalue weighted by molar-refractivity contribution is -0.174. The standard InChI is InChI=1S/C15H20F3N3O2S2/c1-9-10(2)25-13(11-12(19)20-14(22)21(9)11)24-7-5-3-4-6-23-8-15(16,17)18/h3-8H2,1-2H3,(H2,19,20,22). The molecule has 0 saturated heterocycles. The molecule has 0 atom stereocenters. The Morgan fingerprint density at radius 3 is 2.68 bits per heavy atom. The van der Waals surface area contributed by atoms with Crippen LogP contribution in [0.25, 0.3) is 5.69 Å². The first-order valence-corrected chi connectivity index (χ1v) is 9.56. The lowest BCUT2D eigenvalue weighted by Crippen LogP contribution is -2.17. The number of unbranched alkanes of at least 4 members (excludes halogenated alkanes) is 2. The Kier molecular flexibility index (Phi) is 6.75. The van der Waals surface area contributed by atoms with E-state index < -0.39 is 12.8 Å². The molecule has 2 rings (SSSR count). The van der Waals surface area contributed by atoms with Crippen molar-refractivity contribution in [3.05, 3.63) is 21.1 Å². The maximum Gasteiger partial charge on any atom is 0.411 e. The molecule has 0 aromatic heterocycles. The average Bonchev–Trinajstić information content (AvgIpc) is 2.80. The first kappa shape index (κ1) is 20.1. The molecule has 2 aliphatic heterocycles. The van der Waals surface area contributed by atoms with Crippen LogP contribution >= 0.6 is 23.1 Å². The number of anilines is 1. The van der Waals surface area contributed by atoms with Gasteiger partial charge < -0.3 is 10.5 Å². The molecule has 0 fully saturated rings. The highest BCUT2D eigenvalue weighted by Gasteiger charge is 2.27. The van der Waals surface area contributed by atoms with Gasteiger partial charge in [0.05, 0.1) is 4.21 Å². The molecule has 25 heavy (non-hydrogen) atoms. The third kappa shape index (κ3) is 5.35. The summed E-state index contributed by atoms with van der Waals surface area (Å²) in [6.07, 6.45) is -2.07. The van der Waals surface area contributed by atoms with E-state index in [0.717, 1.165) is 33.4 Å². The number of rotatable bonds is 8. The summed E-state index contributed by atoms with van der Waals surface area (Å²) in [5.74, 6) is 1.01. The predicted octanol–water partition coefficient (Wildman–Crippen LogP) is 3.77. The molecule has 0 spiro atoms. The second kappa shape index (κ2) is 8.41. The molecule has 0 aliphatic carbocycles. The van der Waals surface area contributed by atoms with E-state index >= 15 is 0 Å². The summed E-state index contributed by atoms with van der Waals surface area (Å²) < 4.78 is 42.8. The fourth-order valence-corrected chi connectivity index (χ4v) is 4.81. The van der Waals surface area contributed by atoms with Crippen molar-refractivity contribution < 1.29 is 17.9 Å². The molecule has 0 radical (unpaired) electrons. The zero-order chi connectivity index (χ0) is 18.6. The van der Waals surface area contributed by atoms with Crippen LogP contribution in [0.5, 0.6) is 0 Å². The number of aromatic nitrogens is 2. The maximum absolute atomic E-state index is 11.9. The predicted molar refractivity (Wildman–Crippen MR) is 94.2 cm³/mol. The van der Waals surface area contributed by atoms with Gasteiger partial charge in [-0.1, -0.05) is 6.42 Å². The molecule has 5 nitrogen and oxygen atoms in total. The van der Waals surface area contributed by atoms with Crippen LogP contribution in [0.4, 0.5) is 19.0 Å². The van der Waals surface area contributed by atoms with Crippen LogP contribution in [0.2, 0.25) is 0 Å². The fourth-order valence-electron chi connectivity index (χ4n) is 2.28. The molecule has 2 heterocycles. The number of aryl methyl sites for hydroxylation is 1. The number of ether oxygens (including phenoxy) is 1. The van der Waals surface area contributed by atoms with E-state index in [9.17, 15) is 18.0 Å². The van der Waals surface area contributed by atoms with Crippen LogP contribution in [-0.4, -0.2) is 34.7 Å². The van der Waals surface area contributed by atoms with Crippen LogP contribution in [0.1, 0.15) is 29.8 Å². The van der Waals surface area contributed by atoms with Gasteiger partial charge in [0, 0.05) is 17.2 Å². The third-order valence-electron chi connectivity index (χ3n) is 3.59. The highest BCUT2D eigenvalue weighted by Crippen LogP contribution is 2.37. The summed E-state index contributed by atoms with van der Waals surface area (Å²) >= 11 is 3.16. The van der Waals surface area contributed by atoms with Crippen LogP contribution in [0, 0.1) is 13.8 Å². The van der Waals surface area contributed by atoms with Gasteiger partial charge in [0.1, 0.15) is 12.3 Å². The van der Waals surface area contributed by atoms with E-state index in [2.05, 4.69) is 9.72 Å². The van der Waals surface area contributed by atoms with Gasteiger partial charge in [-0.2, -0.15) is 18.2 Å². The molecule has 0 amide bonds. The smallest absolute Gasteiger partial charge is 0.382 e. The molecule has 10 heteroatoms. The lowest BCUT2D eigenvalue weighted by atomic mass is 10.3. The van der Waals surface area contributed by atoms with Gasteiger partial charge in [-0.15, -0.1) is 23.1 Å². The lowest BCUT2D eigenvalue weighted by Gasteiger charge is -2.14. The van der Waals surface area contributed by atoms with Crippen molar-refractivity contribution in [1.29, 1.82) is 0 Å². The summed E-state index contributed by atoms with van der Waals surface area (Å²) in [5.41, 5.74) is 6.98. The summed E-state index contributed by atoms with van der Waals surface area (Å²) in [4.78, 5) is 16.8. The zero-order valence-corrected chi connectivity index (χ0v) is 15.6. The van der Waals surface area contributed by atoms with Crippen LogP contribution in [-0.2, 0) is 4.74 Å². The number of thioether (sulfide) groups is 1. The van der Waals surface area contributed by atoms with Crippen molar-refractivity contribution in [2.24, 2.45) is 0 Å². The Morgan fingerprint density at radius 1 is 1.28 bits per heavy atom. The molecule has 0 saturated carbocycles. The maximum atomic E-state index is 11.9. The van der Waals surface area contributed by atoms with Gasteiger partial charge in [-0.25, -0.2) is 4.79 Å². The number of nitrogens with zero attached hydrogens (tertiary/aromatic N) is 2. The fraction of sp³-hybridized carbons (Fsp3) is 0.600. The van der Waals surface area contributed by atoms with E-state index in [1.165, 1.54) is 4.57 Å². The molecule has 0 bridgehead atoms. The Hall–Kier alpha value is -1.26. The quantitative estimate of drug-likeness (QED) is 0.544. The largest absolute Gasteiger partial charge is 0.411 e. The van der Waals surface area contributed by atoms with Crippen molar-refractivity contribution in [2.75, 3.05) is 24.7 Å². The van der Waals surface area contributed by atoms with E-state index in [4.69, 9.17) is 5.73 Å². The van der Waals surface area contributed by atoms with Crippen molar-refractivity contribution in [3.8, 4) is 5.69 Å². The van der Waals surface area contributed by atoms with Crippen LogP contribution < -0.4 is 11.4 Å². The molecular formula is C15H20F3N3O2S2. The second-order valence-corrected chi connectivity index (χ2v) is 8.16. The summed E-state index contributed by atoms with van der Waals surface area (Å²) in [6, 6.07) is 0. The Bertz CT molecular complexity index is 743. The SMILES string of the molecule is Cc1sc(SCCCCCOCC(F)(F)F)c2c(N)nc(=O)n-2c1C. The van der Waals surface area contributed by atoms with Crippen LogP contribution in [0.15, 0.2) is 9.00 Å². The highest BCUT2D eigenvalue weighted by molar-refractivity contribution is 8.01. The van der Waals surface area contributed by atoms with Gasteiger partial charge in [0.15, 0.2) is 5.82 Å². The van der Waals surface area contributed by atoms with Crippen LogP contribution in [0.3, 0.4) is 0 Å².